The lowest BCUT2D eigenvalue weighted by Crippen LogP contribution is -2.56. The summed E-state index contributed by atoms with van der Waals surface area (Å²) in [4.78, 5) is 6.83. The van der Waals surface area contributed by atoms with Gasteiger partial charge < -0.3 is 25.8 Å². The van der Waals surface area contributed by atoms with Crippen molar-refractivity contribution in [2.75, 3.05) is 34.9 Å². The molecular formula is C21H24N8OS. The van der Waals surface area contributed by atoms with Gasteiger partial charge in [-0.2, -0.15) is 14.9 Å². The largest absolute Gasteiger partial charge is 0.616 e. The summed E-state index contributed by atoms with van der Waals surface area (Å²) in [5.74, 6) is 1.89. The third kappa shape index (κ3) is 4.12. The molecule has 31 heavy (non-hydrogen) atoms. The van der Waals surface area contributed by atoms with Gasteiger partial charge in [-0.25, -0.2) is 4.98 Å². The van der Waals surface area contributed by atoms with Gasteiger partial charge in [0.2, 0.25) is 0 Å². The number of nitriles is 1. The molecule has 0 amide bonds. The SMILES string of the molecule is C[S+]([O-])Cc1cc(Nc2cc(NC3CC3)n3ncc(C#N)c3n2)ccc1N1CC(N)C1. The first-order valence-corrected chi connectivity index (χ1v) is 12.0. The van der Waals surface area contributed by atoms with Crippen molar-refractivity contribution in [2.24, 2.45) is 5.73 Å². The molecule has 0 radical (unpaired) electrons. The molecule has 1 aliphatic carbocycles. The Morgan fingerprint density at radius 2 is 2.13 bits per heavy atom. The zero-order valence-electron chi connectivity index (χ0n) is 17.2. The van der Waals surface area contributed by atoms with Gasteiger partial charge in [0.15, 0.2) is 5.65 Å². The average Bonchev–Trinajstić information content (AvgIpc) is 3.42. The highest BCUT2D eigenvalue weighted by atomic mass is 32.2. The van der Waals surface area contributed by atoms with E-state index in [9.17, 15) is 9.81 Å². The van der Waals surface area contributed by atoms with Crippen molar-refractivity contribution in [1.82, 2.24) is 14.6 Å². The molecule has 160 valence electrons. The molecule has 1 saturated heterocycles. The van der Waals surface area contributed by atoms with E-state index in [4.69, 9.17) is 5.73 Å². The molecule has 5 rings (SSSR count). The minimum atomic E-state index is -0.965. The lowest BCUT2D eigenvalue weighted by molar-refractivity contribution is 0.518. The molecule has 3 heterocycles. The molecule has 4 N–H and O–H groups in total. The van der Waals surface area contributed by atoms with E-state index in [1.54, 1.807) is 10.8 Å². The predicted molar refractivity (Wildman–Crippen MR) is 122 cm³/mol. The van der Waals surface area contributed by atoms with Gasteiger partial charge >= 0.3 is 0 Å². The molecule has 1 aromatic carbocycles. The number of hydrogen-bond acceptors (Lipinski definition) is 8. The lowest BCUT2D eigenvalue weighted by atomic mass is 10.1. The Balaban J connectivity index is 1.47. The summed E-state index contributed by atoms with van der Waals surface area (Å²) in [6.07, 6.45) is 5.49. The predicted octanol–water partition coefficient (Wildman–Crippen LogP) is 1.94. The number of hydrogen-bond donors (Lipinski definition) is 3. The number of rotatable bonds is 7. The van der Waals surface area contributed by atoms with Crippen molar-refractivity contribution in [3.05, 3.63) is 41.6 Å². The molecule has 0 bridgehead atoms. The Morgan fingerprint density at radius 3 is 2.81 bits per heavy atom. The van der Waals surface area contributed by atoms with E-state index >= 15 is 0 Å². The summed E-state index contributed by atoms with van der Waals surface area (Å²) in [5.41, 5.74) is 9.81. The summed E-state index contributed by atoms with van der Waals surface area (Å²) in [6.45, 7) is 1.62. The first-order valence-electron chi connectivity index (χ1n) is 10.3. The van der Waals surface area contributed by atoms with Gasteiger partial charge in [0.1, 0.15) is 29.0 Å². The van der Waals surface area contributed by atoms with Crippen molar-refractivity contribution in [2.45, 2.75) is 30.7 Å². The molecule has 2 fully saturated rings. The monoisotopic (exact) mass is 436 g/mol. The highest BCUT2D eigenvalue weighted by molar-refractivity contribution is 7.89. The summed E-state index contributed by atoms with van der Waals surface area (Å²) in [7, 11) is 0. The van der Waals surface area contributed by atoms with Crippen molar-refractivity contribution >= 4 is 39.8 Å². The van der Waals surface area contributed by atoms with E-state index in [2.05, 4.69) is 31.7 Å². The summed E-state index contributed by atoms with van der Waals surface area (Å²) in [6, 6.07) is 10.7. The van der Waals surface area contributed by atoms with Crippen LogP contribution in [0, 0.1) is 11.3 Å². The second kappa shape index (κ2) is 7.92. The van der Waals surface area contributed by atoms with Gasteiger partial charge in [0, 0.05) is 48.2 Å². The third-order valence-electron chi connectivity index (χ3n) is 5.48. The fourth-order valence-electron chi connectivity index (χ4n) is 3.81. The van der Waals surface area contributed by atoms with Crippen molar-refractivity contribution in [3.8, 4) is 6.07 Å². The second-order valence-corrected chi connectivity index (χ2v) is 9.64. The molecule has 1 atom stereocenters. The molecule has 3 aromatic rings. The Bertz CT molecular complexity index is 1160. The maximum atomic E-state index is 12.0. The van der Waals surface area contributed by atoms with Crippen molar-refractivity contribution < 1.29 is 4.55 Å². The van der Waals surface area contributed by atoms with Crippen molar-refractivity contribution in [1.29, 1.82) is 5.26 Å². The number of nitrogens with one attached hydrogen (secondary N) is 2. The van der Waals surface area contributed by atoms with Gasteiger partial charge in [-0.05, 0) is 31.0 Å². The Kier molecular flexibility index (Phi) is 5.09. The quantitative estimate of drug-likeness (QED) is 0.479. The normalized spacial score (nSPS) is 17.3. The van der Waals surface area contributed by atoms with E-state index in [1.807, 2.05) is 24.3 Å². The topological polar surface area (TPSA) is 130 Å². The number of nitrogens with zero attached hydrogens (tertiary/aromatic N) is 5. The number of nitrogens with two attached hydrogens (primary N) is 1. The van der Waals surface area contributed by atoms with Crippen LogP contribution in [0.3, 0.4) is 0 Å². The molecule has 2 aromatic heterocycles. The highest BCUT2D eigenvalue weighted by Crippen LogP contribution is 2.31. The summed E-state index contributed by atoms with van der Waals surface area (Å²) >= 11 is -0.965. The average molecular weight is 437 g/mol. The maximum Gasteiger partial charge on any atom is 0.177 e. The molecular weight excluding hydrogens is 412 g/mol. The molecule has 0 spiro atoms. The van der Waals surface area contributed by atoms with Gasteiger partial charge in [0.25, 0.3) is 0 Å². The fourth-order valence-corrected chi connectivity index (χ4v) is 4.48. The Labute approximate surface area is 183 Å². The molecule has 1 aliphatic heterocycles. The first-order chi connectivity index (χ1) is 15.0. The van der Waals surface area contributed by atoms with E-state index in [-0.39, 0.29) is 6.04 Å². The zero-order chi connectivity index (χ0) is 21.5. The summed E-state index contributed by atoms with van der Waals surface area (Å²) in [5, 5.41) is 20.5. The standard InChI is InChI=1S/C21H24N8OS/c1-31(30)12-13-6-17(4-5-18(13)28-10-15(23)11-28)25-19-7-20(26-16-2-3-16)29-21(27-19)14(8-22)9-24-29/h4-7,9,15-16,26H,2-3,10-12,23H2,1H3,(H,25,27). The van der Waals surface area contributed by atoms with E-state index in [1.165, 1.54) is 6.20 Å². The minimum Gasteiger partial charge on any atom is -0.616 e. The van der Waals surface area contributed by atoms with Crippen molar-refractivity contribution in [3.63, 3.8) is 0 Å². The molecule has 10 heteroatoms. The number of benzene rings is 1. The number of anilines is 4. The molecule has 1 unspecified atom stereocenters. The van der Waals surface area contributed by atoms with Gasteiger partial charge in [-0.1, -0.05) is 11.2 Å². The third-order valence-corrected chi connectivity index (χ3v) is 6.20. The maximum absolute atomic E-state index is 12.0. The van der Waals surface area contributed by atoms with E-state index in [0.29, 0.717) is 28.8 Å². The van der Waals surface area contributed by atoms with Gasteiger partial charge in [-0.3, -0.25) is 0 Å². The first kappa shape index (κ1) is 19.9. The van der Waals surface area contributed by atoms with Crippen LogP contribution in [0.4, 0.5) is 23.0 Å². The van der Waals surface area contributed by atoms with Crippen LogP contribution >= 0.6 is 0 Å². The molecule has 9 nitrogen and oxygen atoms in total. The minimum absolute atomic E-state index is 0.191. The van der Waals surface area contributed by atoms with Crippen LogP contribution < -0.4 is 21.3 Å². The number of aromatic nitrogens is 3. The smallest absolute Gasteiger partial charge is 0.177 e. The Morgan fingerprint density at radius 1 is 1.32 bits per heavy atom. The van der Waals surface area contributed by atoms with Gasteiger partial charge in [-0.15, -0.1) is 0 Å². The van der Waals surface area contributed by atoms with Crippen LogP contribution in [0.5, 0.6) is 0 Å². The Hall–Kier alpha value is -3.00. The zero-order valence-corrected chi connectivity index (χ0v) is 18.0. The number of fused-ring (bicyclic) bond motifs is 1. The summed E-state index contributed by atoms with van der Waals surface area (Å²) < 4.78 is 13.6. The van der Waals surface area contributed by atoms with E-state index < -0.39 is 11.2 Å². The van der Waals surface area contributed by atoms with E-state index in [0.717, 1.165) is 48.7 Å². The lowest BCUT2D eigenvalue weighted by Gasteiger charge is -2.40. The van der Waals surface area contributed by atoms with Crippen LogP contribution in [0.25, 0.3) is 5.65 Å². The van der Waals surface area contributed by atoms with Crippen LogP contribution in [0.15, 0.2) is 30.5 Å². The molecule has 1 saturated carbocycles. The van der Waals surface area contributed by atoms with Crippen LogP contribution in [0.1, 0.15) is 24.0 Å². The van der Waals surface area contributed by atoms with Crippen LogP contribution in [0.2, 0.25) is 0 Å². The molecule has 2 aliphatic rings. The van der Waals surface area contributed by atoms with Crippen LogP contribution in [-0.4, -0.2) is 50.6 Å². The highest BCUT2D eigenvalue weighted by Gasteiger charge is 2.26. The van der Waals surface area contributed by atoms with Crippen LogP contribution in [-0.2, 0) is 16.9 Å². The fraction of sp³-hybridized carbons (Fsp3) is 0.381. The second-order valence-electron chi connectivity index (χ2n) is 8.20. The van der Waals surface area contributed by atoms with Gasteiger partial charge in [0.05, 0.1) is 12.5 Å².